The van der Waals surface area contributed by atoms with Crippen LogP contribution in [0.4, 0.5) is 11.9 Å². The van der Waals surface area contributed by atoms with Crippen LogP contribution in [0.3, 0.4) is 0 Å². The molecule has 1 aromatic carbocycles. The monoisotopic (exact) mass is 307 g/mol. The van der Waals surface area contributed by atoms with Crippen molar-refractivity contribution in [1.29, 1.82) is 0 Å². The maximum atomic E-state index is 6.03. The van der Waals surface area contributed by atoms with Crippen LogP contribution in [0.15, 0.2) is 24.3 Å². The molecule has 0 saturated heterocycles. The Morgan fingerprint density at radius 3 is 2.76 bits per heavy atom. The maximum Gasteiger partial charge on any atom is 0.323 e. The van der Waals surface area contributed by atoms with Crippen molar-refractivity contribution >= 4 is 23.5 Å². The Morgan fingerprint density at radius 1 is 1.33 bits per heavy atom. The number of aromatic nitrogens is 3. The van der Waals surface area contributed by atoms with E-state index in [1.54, 1.807) is 0 Å². The molecule has 2 aromatic rings. The van der Waals surface area contributed by atoms with Gasteiger partial charge >= 0.3 is 6.01 Å². The zero-order valence-electron chi connectivity index (χ0n) is 12.2. The summed E-state index contributed by atoms with van der Waals surface area (Å²) in [5.41, 5.74) is 6.76. The third-order valence-corrected chi connectivity index (χ3v) is 3.36. The lowest BCUT2D eigenvalue weighted by Crippen LogP contribution is -2.24. The SMILES string of the molecule is CCOc1nc(N)nc(N(C)C(C)c2cccc(Cl)c2)n1. The molecule has 0 aliphatic heterocycles. The largest absolute Gasteiger partial charge is 0.464 e. The zero-order valence-corrected chi connectivity index (χ0v) is 13.0. The molecule has 7 heteroatoms. The van der Waals surface area contributed by atoms with Gasteiger partial charge in [-0.15, -0.1) is 0 Å². The number of nitrogens with zero attached hydrogens (tertiary/aromatic N) is 4. The van der Waals surface area contributed by atoms with E-state index in [0.29, 0.717) is 17.6 Å². The predicted molar refractivity (Wildman–Crippen MR) is 83.7 cm³/mol. The van der Waals surface area contributed by atoms with Crippen molar-refractivity contribution < 1.29 is 4.74 Å². The van der Waals surface area contributed by atoms with Crippen LogP contribution in [0.1, 0.15) is 25.5 Å². The van der Waals surface area contributed by atoms with Gasteiger partial charge in [-0.3, -0.25) is 0 Å². The molecule has 21 heavy (non-hydrogen) atoms. The van der Waals surface area contributed by atoms with E-state index in [-0.39, 0.29) is 18.0 Å². The Balaban J connectivity index is 2.28. The molecule has 0 fully saturated rings. The van der Waals surface area contributed by atoms with Crippen molar-refractivity contribution in [2.75, 3.05) is 24.3 Å². The molecule has 0 saturated carbocycles. The fourth-order valence-corrected chi connectivity index (χ4v) is 2.07. The Bertz CT molecular complexity index is 622. The van der Waals surface area contributed by atoms with Crippen LogP contribution < -0.4 is 15.4 Å². The number of nitrogen functional groups attached to an aromatic ring is 1. The van der Waals surface area contributed by atoms with Crippen molar-refractivity contribution in [3.05, 3.63) is 34.9 Å². The summed E-state index contributed by atoms with van der Waals surface area (Å²) in [5.74, 6) is 0.590. The van der Waals surface area contributed by atoms with Crippen molar-refractivity contribution in [3.63, 3.8) is 0 Å². The van der Waals surface area contributed by atoms with Crippen LogP contribution >= 0.6 is 11.6 Å². The third kappa shape index (κ3) is 3.72. The number of hydrogen-bond donors (Lipinski definition) is 1. The van der Waals surface area contributed by atoms with E-state index in [9.17, 15) is 0 Å². The number of nitrogens with two attached hydrogens (primary N) is 1. The molecule has 1 atom stereocenters. The van der Waals surface area contributed by atoms with Crippen molar-refractivity contribution in [2.24, 2.45) is 0 Å². The van der Waals surface area contributed by atoms with Gasteiger partial charge in [0.2, 0.25) is 11.9 Å². The molecule has 0 spiro atoms. The van der Waals surface area contributed by atoms with Crippen LogP contribution in [-0.4, -0.2) is 28.6 Å². The summed E-state index contributed by atoms with van der Waals surface area (Å²) < 4.78 is 5.29. The molecule has 2 rings (SSSR count). The highest BCUT2D eigenvalue weighted by Gasteiger charge is 2.17. The zero-order chi connectivity index (χ0) is 15.4. The Kier molecular flexibility index (Phi) is 4.80. The van der Waals surface area contributed by atoms with Gasteiger partial charge in [0, 0.05) is 12.1 Å². The first-order valence-electron chi connectivity index (χ1n) is 6.64. The molecule has 2 N–H and O–H groups in total. The van der Waals surface area contributed by atoms with Crippen LogP contribution in [0.5, 0.6) is 6.01 Å². The molecule has 112 valence electrons. The highest BCUT2D eigenvalue weighted by Crippen LogP contribution is 2.25. The second-order valence-corrected chi connectivity index (χ2v) is 4.99. The van der Waals surface area contributed by atoms with Gasteiger partial charge in [0.25, 0.3) is 0 Å². The summed E-state index contributed by atoms with van der Waals surface area (Å²) >= 11 is 6.03. The highest BCUT2D eigenvalue weighted by atomic mass is 35.5. The van der Waals surface area contributed by atoms with Gasteiger partial charge in [0.15, 0.2) is 0 Å². The van der Waals surface area contributed by atoms with Crippen LogP contribution in [-0.2, 0) is 0 Å². The van der Waals surface area contributed by atoms with E-state index < -0.39 is 0 Å². The Hall–Kier alpha value is -2.08. The van der Waals surface area contributed by atoms with Crippen molar-refractivity contribution in [1.82, 2.24) is 15.0 Å². The normalized spacial score (nSPS) is 12.0. The van der Waals surface area contributed by atoms with E-state index in [2.05, 4.69) is 15.0 Å². The molecular weight excluding hydrogens is 290 g/mol. The first kappa shape index (κ1) is 15.3. The number of rotatable bonds is 5. The molecule has 1 unspecified atom stereocenters. The summed E-state index contributed by atoms with van der Waals surface area (Å²) in [6, 6.07) is 7.92. The van der Waals surface area contributed by atoms with Gasteiger partial charge in [0.05, 0.1) is 12.6 Å². The average molecular weight is 308 g/mol. The minimum atomic E-state index is 0.0278. The van der Waals surface area contributed by atoms with Crippen LogP contribution in [0.25, 0.3) is 0 Å². The highest BCUT2D eigenvalue weighted by molar-refractivity contribution is 6.30. The molecule has 0 amide bonds. The molecule has 1 heterocycles. The standard InChI is InChI=1S/C14H18ClN5O/c1-4-21-14-18-12(16)17-13(19-14)20(3)9(2)10-6-5-7-11(15)8-10/h5-9H,4H2,1-3H3,(H2,16,17,18,19). The molecule has 0 aliphatic carbocycles. The molecular formula is C14H18ClN5O. The Labute approximate surface area is 128 Å². The molecule has 1 aromatic heterocycles. The number of ether oxygens (including phenoxy) is 1. The third-order valence-electron chi connectivity index (χ3n) is 3.12. The lowest BCUT2D eigenvalue weighted by atomic mass is 10.1. The smallest absolute Gasteiger partial charge is 0.323 e. The van der Waals surface area contributed by atoms with Gasteiger partial charge in [0.1, 0.15) is 0 Å². The fraction of sp³-hybridized carbons (Fsp3) is 0.357. The minimum absolute atomic E-state index is 0.0278. The van der Waals surface area contributed by atoms with E-state index >= 15 is 0 Å². The molecule has 0 aliphatic rings. The van der Waals surface area contributed by atoms with Crippen molar-refractivity contribution in [3.8, 4) is 6.01 Å². The second-order valence-electron chi connectivity index (χ2n) is 4.55. The van der Waals surface area contributed by atoms with Crippen LogP contribution in [0.2, 0.25) is 5.02 Å². The number of halogens is 1. The van der Waals surface area contributed by atoms with Gasteiger partial charge in [-0.2, -0.15) is 15.0 Å². The summed E-state index contributed by atoms with van der Waals surface area (Å²) in [5, 5.41) is 0.693. The molecule has 6 nitrogen and oxygen atoms in total. The van der Waals surface area contributed by atoms with Gasteiger partial charge < -0.3 is 15.4 Å². The molecule has 0 bridgehead atoms. The second kappa shape index (κ2) is 6.58. The minimum Gasteiger partial charge on any atom is -0.464 e. The van der Waals surface area contributed by atoms with E-state index in [0.717, 1.165) is 5.56 Å². The summed E-state index contributed by atoms with van der Waals surface area (Å²) in [4.78, 5) is 14.2. The quantitative estimate of drug-likeness (QED) is 0.915. The first-order chi connectivity index (χ1) is 10.0. The molecule has 0 radical (unpaired) electrons. The summed E-state index contributed by atoms with van der Waals surface area (Å²) in [6.07, 6.45) is 0. The van der Waals surface area contributed by atoms with E-state index in [1.165, 1.54) is 0 Å². The van der Waals surface area contributed by atoms with Crippen molar-refractivity contribution in [2.45, 2.75) is 19.9 Å². The first-order valence-corrected chi connectivity index (χ1v) is 7.01. The predicted octanol–water partition coefficient (Wildman–Crippen LogP) is 2.70. The van der Waals surface area contributed by atoms with Gasteiger partial charge in [-0.25, -0.2) is 0 Å². The van der Waals surface area contributed by atoms with Gasteiger partial charge in [-0.1, -0.05) is 23.7 Å². The fourth-order valence-electron chi connectivity index (χ4n) is 1.88. The van der Waals surface area contributed by atoms with Crippen LogP contribution in [0, 0.1) is 0 Å². The number of anilines is 2. The Morgan fingerprint density at radius 2 is 2.10 bits per heavy atom. The number of benzene rings is 1. The summed E-state index contributed by atoms with van der Waals surface area (Å²) in [7, 11) is 1.88. The van der Waals surface area contributed by atoms with E-state index in [1.807, 2.05) is 50.1 Å². The van der Waals surface area contributed by atoms with E-state index in [4.69, 9.17) is 22.1 Å². The summed E-state index contributed by atoms with van der Waals surface area (Å²) in [6.45, 7) is 4.36. The maximum absolute atomic E-state index is 6.03. The number of hydrogen-bond acceptors (Lipinski definition) is 6. The topological polar surface area (TPSA) is 77.2 Å². The average Bonchev–Trinajstić information content (AvgIpc) is 2.45. The lowest BCUT2D eigenvalue weighted by Gasteiger charge is -2.25. The van der Waals surface area contributed by atoms with Gasteiger partial charge in [-0.05, 0) is 31.5 Å². The lowest BCUT2D eigenvalue weighted by molar-refractivity contribution is 0.312.